The highest BCUT2D eigenvalue weighted by molar-refractivity contribution is 6.03. The number of ketones is 1. The first-order valence-electron chi connectivity index (χ1n) is 7.75. The molecule has 2 amide bonds. The van der Waals surface area contributed by atoms with Crippen molar-refractivity contribution in [2.24, 2.45) is 0 Å². The maximum absolute atomic E-state index is 13.2. The van der Waals surface area contributed by atoms with Gasteiger partial charge in [0.25, 0.3) is 0 Å². The van der Waals surface area contributed by atoms with Gasteiger partial charge in [0, 0.05) is 24.8 Å². The number of nitrogens with zero attached hydrogens (tertiary/aromatic N) is 1. The second kappa shape index (κ2) is 6.74. The molecule has 0 spiro atoms. The van der Waals surface area contributed by atoms with Gasteiger partial charge < -0.3 is 0 Å². The zero-order valence-electron chi connectivity index (χ0n) is 12.9. The average molecular weight is 325 g/mol. The summed E-state index contributed by atoms with van der Waals surface area (Å²) in [6.07, 6.45) is 0.277. The number of carbonyl (C=O) groups excluding carboxylic acids is 3. The Morgan fingerprint density at radius 1 is 0.958 bits per heavy atom. The second-order valence-corrected chi connectivity index (χ2v) is 5.72. The molecule has 2 aromatic rings. The van der Waals surface area contributed by atoms with Crippen LogP contribution in [0, 0.1) is 5.82 Å². The molecule has 24 heavy (non-hydrogen) atoms. The number of hydrogen-bond acceptors (Lipinski definition) is 3. The third-order valence-electron chi connectivity index (χ3n) is 4.13. The lowest BCUT2D eigenvalue weighted by molar-refractivity contribution is -0.141. The number of carbonyl (C=O) groups is 3. The van der Waals surface area contributed by atoms with E-state index in [4.69, 9.17) is 0 Å². The fourth-order valence-electron chi connectivity index (χ4n) is 2.90. The molecule has 3 rings (SSSR count). The van der Waals surface area contributed by atoms with Crippen molar-refractivity contribution in [1.29, 1.82) is 0 Å². The molecular formula is C19H16FNO3. The van der Waals surface area contributed by atoms with Crippen LogP contribution in [0.25, 0.3) is 0 Å². The van der Waals surface area contributed by atoms with Gasteiger partial charge in [-0.3, -0.25) is 19.3 Å². The maximum Gasteiger partial charge on any atom is 0.230 e. The van der Waals surface area contributed by atoms with E-state index >= 15 is 0 Å². The van der Waals surface area contributed by atoms with E-state index in [1.54, 1.807) is 24.3 Å². The molecule has 1 fully saturated rings. The Labute approximate surface area is 138 Å². The predicted molar refractivity (Wildman–Crippen MR) is 85.6 cm³/mol. The summed E-state index contributed by atoms with van der Waals surface area (Å²) in [5.41, 5.74) is 1.09. The van der Waals surface area contributed by atoms with E-state index < -0.39 is 11.9 Å². The predicted octanol–water partition coefficient (Wildman–Crippen LogP) is 3.29. The molecule has 122 valence electrons. The van der Waals surface area contributed by atoms with E-state index in [-0.39, 0.29) is 36.9 Å². The van der Waals surface area contributed by atoms with Gasteiger partial charge in [-0.1, -0.05) is 42.5 Å². The van der Waals surface area contributed by atoms with Crippen LogP contribution in [0.15, 0.2) is 54.6 Å². The summed E-state index contributed by atoms with van der Waals surface area (Å²) in [7, 11) is 0. The zero-order valence-corrected chi connectivity index (χ0v) is 12.9. The molecule has 5 heteroatoms. The van der Waals surface area contributed by atoms with Crippen molar-refractivity contribution in [3.63, 3.8) is 0 Å². The van der Waals surface area contributed by atoms with E-state index in [0.29, 0.717) is 11.1 Å². The highest BCUT2D eigenvalue weighted by Crippen LogP contribution is 2.31. The van der Waals surface area contributed by atoms with E-state index in [9.17, 15) is 18.8 Å². The summed E-state index contributed by atoms with van der Waals surface area (Å²) in [4.78, 5) is 37.9. The highest BCUT2D eigenvalue weighted by Gasteiger charge is 2.36. The van der Waals surface area contributed by atoms with Crippen LogP contribution in [-0.2, 0) is 9.59 Å². The van der Waals surface area contributed by atoms with Gasteiger partial charge in [-0.15, -0.1) is 0 Å². The van der Waals surface area contributed by atoms with Crippen molar-refractivity contribution < 1.29 is 18.8 Å². The first-order chi connectivity index (χ1) is 11.6. The van der Waals surface area contributed by atoms with Gasteiger partial charge >= 0.3 is 0 Å². The molecule has 0 N–H and O–H groups in total. The molecule has 0 bridgehead atoms. The van der Waals surface area contributed by atoms with Crippen molar-refractivity contribution >= 4 is 17.6 Å². The minimum Gasteiger partial charge on any atom is -0.294 e. The van der Waals surface area contributed by atoms with Crippen LogP contribution in [-0.4, -0.2) is 22.5 Å². The van der Waals surface area contributed by atoms with Crippen molar-refractivity contribution in [3.8, 4) is 0 Å². The standard InChI is InChI=1S/C19H16FNO3/c20-15-8-6-13(7-9-15)16(21-18(23)10-11-19(21)24)12-17(22)14-4-2-1-3-5-14/h1-9,16H,10-12H2/t16-/m0/s1. The smallest absolute Gasteiger partial charge is 0.230 e. The van der Waals surface area contributed by atoms with Crippen LogP contribution in [0.3, 0.4) is 0 Å². The molecule has 4 nitrogen and oxygen atoms in total. The Kier molecular flexibility index (Phi) is 4.51. The Morgan fingerprint density at radius 2 is 1.54 bits per heavy atom. The third kappa shape index (κ3) is 3.25. The van der Waals surface area contributed by atoms with Crippen LogP contribution in [0.2, 0.25) is 0 Å². The van der Waals surface area contributed by atoms with Gasteiger partial charge in [0.2, 0.25) is 11.8 Å². The molecule has 0 aromatic heterocycles. The Morgan fingerprint density at radius 3 is 2.12 bits per heavy atom. The van der Waals surface area contributed by atoms with Crippen LogP contribution in [0.4, 0.5) is 4.39 Å². The monoisotopic (exact) mass is 325 g/mol. The first kappa shape index (κ1) is 16.1. The number of halogens is 1. The summed E-state index contributed by atoms with van der Waals surface area (Å²) in [5.74, 6) is -1.17. The number of likely N-dealkylation sites (tertiary alicyclic amines) is 1. The summed E-state index contributed by atoms with van der Waals surface area (Å²) >= 11 is 0. The summed E-state index contributed by atoms with van der Waals surface area (Å²) in [6.45, 7) is 0. The van der Waals surface area contributed by atoms with E-state index in [1.165, 1.54) is 24.3 Å². The third-order valence-corrected chi connectivity index (χ3v) is 4.13. The number of Topliss-reactive ketones (excluding diaryl/α,β-unsaturated/α-hetero) is 1. The summed E-state index contributed by atoms with van der Waals surface area (Å²) in [6, 6.07) is 13.5. The molecule has 1 atom stereocenters. The molecule has 0 radical (unpaired) electrons. The lowest BCUT2D eigenvalue weighted by atomic mass is 9.96. The van der Waals surface area contributed by atoms with Gasteiger partial charge in [-0.25, -0.2) is 4.39 Å². The number of hydrogen-bond donors (Lipinski definition) is 0. The van der Waals surface area contributed by atoms with Gasteiger partial charge in [0.1, 0.15) is 5.82 Å². The fraction of sp³-hybridized carbons (Fsp3) is 0.211. The fourth-order valence-corrected chi connectivity index (χ4v) is 2.90. The Bertz CT molecular complexity index is 755. The van der Waals surface area contributed by atoms with Crippen LogP contribution in [0.5, 0.6) is 0 Å². The molecule has 1 heterocycles. The first-order valence-corrected chi connectivity index (χ1v) is 7.75. The van der Waals surface area contributed by atoms with E-state index in [0.717, 1.165) is 4.90 Å². The van der Waals surface area contributed by atoms with Crippen molar-refractivity contribution in [2.45, 2.75) is 25.3 Å². The topological polar surface area (TPSA) is 54.5 Å². The summed E-state index contributed by atoms with van der Waals surface area (Å²) in [5, 5.41) is 0. The normalized spacial score (nSPS) is 15.6. The van der Waals surface area contributed by atoms with Crippen LogP contribution >= 0.6 is 0 Å². The van der Waals surface area contributed by atoms with Gasteiger partial charge in [0.05, 0.1) is 6.04 Å². The van der Waals surface area contributed by atoms with Crippen molar-refractivity contribution in [3.05, 3.63) is 71.5 Å². The molecule has 1 saturated heterocycles. The maximum atomic E-state index is 13.2. The van der Waals surface area contributed by atoms with Gasteiger partial charge in [-0.05, 0) is 17.7 Å². The van der Waals surface area contributed by atoms with Crippen LogP contribution < -0.4 is 0 Å². The lowest BCUT2D eigenvalue weighted by Gasteiger charge is -2.26. The molecule has 0 aliphatic carbocycles. The zero-order chi connectivity index (χ0) is 17.1. The van der Waals surface area contributed by atoms with E-state index in [1.807, 2.05) is 6.07 Å². The average Bonchev–Trinajstić information content (AvgIpc) is 2.93. The second-order valence-electron chi connectivity index (χ2n) is 5.72. The molecule has 1 aliphatic rings. The van der Waals surface area contributed by atoms with Gasteiger partial charge in [-0.2, -0.15) is 0 Å². The highest BCUT2D eigenvalue weighted by atomic mass is 19.1. The molecule has 0 unspecified atom stereocenters. The van der Waals surface area contributed by atoms with Crippen molar-refractivity contribution in [1.82, 2.24) is 4.90 Å². The van der Waals surface area contributed by atoms with Crippen molar-refractivity contribution in [2.75, 3.05) is 0 Å². The quantitative estimate of drug-likeness (QED) is 0.626. The number of imide groups is 1. The molecule has 1 aliphatic heterocycles. The number of benzene rings is 2. The van der Waals surface area contributed by atoms with Gasteiger partial charge in [0.15, 0.2) is 5.78 Å². The minimum absolute atomic E-state index is 0.0207. The Balaban J connectivity index is 1.93. The molecular weight excluding hydrogens is 309 g/mol. The molecule has 0 saturated carbocycles. The van der Waals surface area contributed by atoms with Crippen LogP contribution in [0.1, 0.15) is 41.2 Å². The molecule has 2 aromatic carbocycles. The Hall–Kier alpha value is -2.82. The summed E-state index contributed by atoms with van der Waals surface area (Å²) < 4.78 is 13.2. The number of rotatable bonds is 5. The SMILES string of the molecule is O=C(C[C@@H](c1ccc(F)cc1)N1C(=O)CCC1=O)c1ccccc1. The minimum atomic E-state index is -0.708. The van der Waals surface area contributed by atoms with E-state index in [2.05, 4.69) is 0 Å². The largest absolute Gasteiger partial charge is 0.294 e. The number of amides is 2. The lowest BCUT2D eigenvalue weighted by Crippen LogP contribution is -2.34.